The van der Waals surface area contributed by atoms with Gasteiger partial charge in [0.05, 0.1) is 0 Å². The molecule has 0 radical (unpaired) electrons. The van der Waals surface area contributed by atoms with Crippen molar-refractivity contribution in [3.05, 3.63) is 41.6 Å². The first kappa shape index (κ1) is 11.9. The standard InChI is InChI=1S/C15H19NO/c1-2-12-7-3-5-9-14(12)16-11-13-8-4-6-10-15(13)17/h3,5,7,9,11,16H,2,4,6,8,10H2,1H3/b13-11-. The van der Waals surface area contributed by atoms with Crippen LogP contribution >= 0.6 is 0 Å². The fourth-order valence-electron chi connectivity index (χ4n) is 2.19. The van der Waals surface area contributed by atoms with E-state index in [0.29, 0.717) is 12.2 Å². The van der Waals surface area contributed by atoms with Gasteiger partial charge in [-0.1, -0.05) is 25.1 Å². The number of anilines is 1. The number of Topliss-reactive ketones (excluding diaryl/α,β-unsaturated/α-hetero) is 1. The van der Waals surface area contributed by atoms with Crippen LogP contribution in [0.5, 0.6) is 0 Å². The summed E-state index contributed by atoms with van der Waals surface area (Å²) in [4.78, 5) is 11.7. The van der Waals surface area contributed by atoms with Gasteiger partial charge in [0, 0.05) is 23.9 Å². The second kappa shape index (κ2) is 5.67. The van der Waals surface area contributed by atoms with Crippen molar-refractivity contribution in [1.82, 2.24) is 0 Å². The van der Waals surface area contributed by atoms with Crippen molar-refractivity contribution in [3.8, 4) is 0 Å². The lowest BCUT2D eigenvalue weighted by Crippen LogP contribution is -2.10. The molecule has 0 atom stereocenters. The van der Waals surface area contributed by atoms with Crippen LogP contribution in [0.1, 0.15) is 38.2 Å². The average Bonchev–Trinajstić information content (AvgIpc) is 2.38. The van der Waals surface area contributed by atoms with Crippen molar-refractivity contribution < 1.29 is 4.79 Å². The number of rotatable bonds is 3. The third-order valence-corrected chi connectivity index (χ3v) is 3.26. The Hall–Kier alpha value is -1.57. The van der Waals surface area contributed by atoms with Crippen LogP contribution in [0, 0.1) is 0 Å². The lowest BCUT2D eigenvalue weighted by atomic mass is 9.94. The molecule has 1 N–H and O–H groups in total. The minimum atomic E-state index is 0.303. The molecule has 0 aromatic heterocycles. The highest BCUT2D eigenvalue weighted by molar-refractivity contribution is 5.96. The molecule has 0 amide bonds. The molecule has 0 heterocycles. The topological polar surface area (TPSA) is 29.1 Å². The maximum atomic E-state index is 11.7. The molecule has 2 heteroatoms. The van der Waals surface area contributed by atoms with Gasteiger partial charge in [-0.25, -0.2) is 0 Å². The zero-order chi connectivity index (χ0) is 12.1. The Morgan fingerprint density at radius 2 is 2.00 bits per heavy atom. The number of hydrogen-bond acceptors (Lipinski definition) is 2. The lowest BCUT2D eigenvalue weighted by molar-refractivity contribution is -0.116. The molecule has 0 saturated heterocycles. The van der Waals surface area contributed by atoms with Crippen molar-refractivity contribution in [2.45, 2.75) is 39.0 Å². The summed E-state index contributed by atoms with van der Waals surface area (Å²) in [6.45, 7) is 2.14. The molecule has 1 saturated carbocycles. The van der Waals surface area contributed by atoms with Gasteiger partial charge in [0.1, 0.15) is 0 Å². The van der Waals surface area contributed by atoms with E-state index < -0.39 is 0 Å². The van der Waals surface area contributed by atoms with Crippen molar-refractivity contribution in [2.24, 2.45) is 0 Å². The van der Waals surface area contributed by atoms with E-state index >= 15 is 0 Å². The summed E-state index contributed by atoms with van der Waals surface area (Å²) in [5, 5.41) is 3.28. The monoisotopic (exact) mass is 229 g/mol. The molecule has 2 nitrogen and oxygen atoms in total. The van der Waals surface area contributed by atoms with Crippen LogP contribution in [-0.4, -0.2) is 5.78 Å². The Labute approximate surface area is 103 Å². The quantitative estimate of drug-likeness (QED) is 0.801. The molecule has 1 aliphatic carbocycles. The number of hydrogen-bond donors (Lipinski definition) is 1. The molecular weight excluding hydrogens is 210 g/mol. The van der Waals surface area contributed by atoms with E-state index in [2.05, 4.69) is 24.4 Å². The summed E-state index contributed by atoms with van der Waals surface area (Å²) in [5.74, 6) is 0.303. The van der Waals surface area contributed by atoms with Gasteiger partial charge in [0.25, 0.3) is 0 Å². The number of allylic oxidation sites excluding steroid dienone is 1. The number of carbonyl (C=O) groups is 1. The van der Waals surface area contributed by atoms with Crippen molar-refractivity contribution in [2.75, 3.05) is 5.32 Å². The van der Waals surface area contributed by atoms with Crippen LogP contribution in [0.4, 0.5) is 5.69 Å². The molecule has 1 aromatic rings. The zero-order valence-corrected chi connectivity index (χ0v) is 10.3. The van der Waals surface area contributed by atoms with Gasteiger partial charge >= 0.3 is 0 Å². The van der Waals surface area contributed by atoms with E-state index in [4.69, 9.17) is 0 Å². The second-order valence-electron chi connectivity index (χ2n) is 4.45. The summed E-state index contributed by atoms with van der Waals surface area (Å²) in [6, 6.07) is 8.23. The summed E-state index contributed by atoms with van der Waals surface area (Å²) >= 11 is 0. The van der Waals surface area contributed by atoms with E-state index in [1.165, 1.54) is 5.56 Å². The van der Waals surface area contributed by atoms with Crippen molar-refractivity contribution >= 4 is 11.5 Å². The normalized spacial score (nSPS) is 18.4. The predicted molar refractivity (Wildman–Crippen MR) is 71.0 cm³/mol. The highest BCUT2D eigenvalue weighted by Gasteiger charge is 2.14. The highest BCUT2D eigenvalue weighted by Crippen LogP contribution is 2.21. The first-order chi connectivity index (χ1) is 8.31. The molecule has 0 aliphatic heterocycles. The fourth-order valence-corrected chi connectivity index (χ4v) is 2.19. The molecule has 17 heavy (non-hydrogen) atoms. The van der Waals surface area contributed by atoms with Crippen LogP contribution in [0.25, 0.3) is 0 Å². The Morgan fingerprint density at radius 3 is 2.76 bits per heavy atom. The van der Waals surface area contributed by atoms with Gasteiger partial charge in [-0.05, 0) is 37.3 Å². The van der Waals surface area contributed by atoms with E-state index in [0.717, 1.165) is 36.9 Å². The fraction of sp³-hybridized carbons (Fsp3) is 0.400. The van der Waals surface area contributed by atoms with E-state index in [1.807, 2.05) is 18.3 Å². The zero-order valence-electron chi connectivity index (χ0n) is 10.3. The molecule has 0 spiro atoms. The van der Waals surface area contributed by atoms with Crippen molar-refractivity contribution in [1.29, 1.82) is 0 Å². The minimum absolute atomic E-state index is 0.303. The third-order valence-electron chi connectivity index (χ3n) is 3.26. The highest BCUT2D eigenvalue weighted by atomic mass is 16.1. The first-order valence-electron chi connectivity index (χ1n) is 6.38. The summed E-state index contributed by atoms with van der Waals surface area (Å²) in [7, 11) is 0. The maximum absolute atomic E-state index is 11.7. The SMILES string of the molecule is CCc1ccccc1N/C=C1/CCCCC1=O. The van der Waals surface area contributed by atoms with Crippen LogP contribution in [0.2, 0.25) is 0 Å². The van der Waals surface area contributed by atoms with Gasteiger partial charge in [-0.3, -0.25) is 4.79 Å². The van der Waals surface area contributed by atoms with Gasteiger partial charge in [-0.2, -0.15) is 0 Å². The van der Waals surface area contributed by atoms with Crippen LogP contribution in [-0.2, 0) is 11.2 Å². The van der Waals surface area contributed by atoms with Crippen LogP contribution in [0.3, 0.4) is 0 Å². The van der Waals surface area contributed by atoms with Gasteiger partial charge < -0.3 is 5.32 Å². The van der Waals surface area contributed by atoms with E-state index in [9.17, 15) is 4.79 Å². The smallest absolute Gasteiger partial charge is 0.160 e. The number of nitrogens with one attached hydrogen (secondary N) is 1. The number of para-hydroxylation sites is 1. The summed E-state index contributed by atoms with van der Waals surface area (Å²) in [5.41, 5.74) is 3.34. The molecule has 1 aliphatic rings. The van der Waals surface area contributed by atoms with Gasteiger partial charge in [0.2, 0.25) is 0 Å². The maximum Gasteiger partial charge on any atom is 0.160 e. The van der Waals surface area contributed by atoms with E-state index in [1.54, 1.807) is 0 Å². The summed E-state index contributed by atoms with van der Waals surface area (Å²) < 4.78 is 0. The third kappa shape index (κ3) is 2.96. The largest absolute Gasteiger partial charge is 0.361 e. The van der Waals surface area contributed by atoms with E-state index in [-0.39, 0.29) is 0 Å². The average molecular weight is 229 g/mol. The first-order valence-corrected chi connectivity index (χ1v) is 6.38. The Morgan fingerprint density at radius 1 is 1.24 bits per heavy atom. The van der Waals surface area contributed by atoms with Crippen molar-refractivity contribution in [3.63, 3.8) is 0 Å². The molecule has 1 fully saturated rings. The second-order valence-corrected chi connectivity index (χ2v) is 4.45. The van der Waals surface area contributed by atoms with Gasteiger partial charge in [-0.15, -0.1) is 0 Å². The Kier molecular flexibility index (Phi) is 3.97. The molecule has 1 aromatic carbocycles. The predicted octanol–water partition coefficient (Wildman–Crippen LogP) is 3.69. The molecule has 0 bridgehead atoms. The Bertz CT molecular complexity index is 434. The minimum Gasteiger partial charge on any atom is -0.361 e. The number of benzene rings is 1. The number of ketones is 1. The Balaban J connectivity index is 2.10. The molecule has 90 valence electrons. The molecular formula is C15H19NO. The van der Waals surface area contributed by atoms with Crippen LogP contribution in [0.15, 0.2) is 36.0 Å². The van der Waals surface area contributed by atoms with Crippen LogP contribution < -0.4 is 5.32 Å². The molecule has 0 unspecified atom stereocenters. The lowest BCUT2D eigenvalue weighted by Gasteiger charge is -2.14. The number of carbonyl (C=O) groups excluding carboxylic acids is 1. The number of aryl methyl sites for hydroxylation is 1. The van der Waals surface area contributed by atoms with Gasteiger partial charge in [0.15, 0.2) is 5.78 Å². The summed E-state index contributed by atoms with van der Waals surface area (Å²) in [6.07, 6.45) is 6.70. The molecule has 2 rings (SSSR count).